The molecule has 0 aliphatic carbocycles. The molecule has 0 radical (unpaired) electrons. The van der Waals surface area contributed by atoms with Crippen molar-refractivity contribution in [3.63, 3.8) is 0 Å². The van der Waals surface area contributed by atoms with Gasteiger partial charge in [0, 0.05) is 6.54 Å². The number of para-hydroxylation sites is 1. The summed E-state index contributed by atoms with van der Waals surface area (Å²) in [7, 11) is 0. The number of rotatable bonds is 4. The van der Waals surface area contributed by atoms with Gasteiger partial charge in [-0.05, 0) is 24.6 Å². The summed E-state index contributed by atoms with van der Waals surface area (Å²) in [4.78, 5) is 31.3. The molecule has 30 heavy (non-hydrogen) atoms. The number of carbonyl (C=O) groups excluding carboxylic acids is 2. The number of imidazole rings is 1. The normalized spacial score (nSPS) is 15.4. The molecule has 2 heterocycles. The van der Waals surface area contributed by atoms with Crippen LogP contribution in [0.4, 0.5) is 10.5 Å². The molecule has 2 aromatic carbocycles. The van der Waals surface area contributed by atoms with Crippen molar-refractivity contribution in [1.82, 2.24) is 14.5 Å². The van der Waals surface area contributed by atoms with Crippen LogP contribution in [0, 0.1) is 0 Å². The first-order valence-electron chi connectivity index (χ1n) is 9.60. The van der Waals surface area contributed by atoms with Crippen molar-refractivity contribution in [1.29, 1.82) is 0 Å². The van der Waals surface area contributed by atoms with Crippen LogP contribution in [0.25, 0.3) is 0 Å². The van der Waals surface area contributed by atoms with Crippen molar-refractivity contribution in [2.45, 2.75) is 26.1 Å². The SMILES string of the molecule is C[C@@H]1CN(C(=O)OCc2ccccc2)Cc2ncc(C(=O)Nc3ccccc3Cl)n21. The van der Waals surface area contributed by atoms with E-state index >= 15 is 0 Å². The van der Waals surface area contributed by atoms with Gasteiger partial charge in [-0.2, -0.15) is 0 Å². The number of ether oxygens (including phenoxy) is 1. The van der Waals surface area contributed by atoms with Gasteiger partial charge < -0.3 is 14.6 Å². The van der Waals surface area contributed by atoms with Gasteiger partial charge in [0.15, 0.2) is 0 Å². The molecule has 3 aromatic rings. The Bertz CT molecular complexity index is 1070. The first-order chi connectivity index (χ1) is 14.5. The van der Waals surface area contributed by atoms with Crippen LogP contribution in [-0.2, 0) is 17.9 Å². The van der Waals surface area contributed by atoms with E-state index in [1.54, 1.807) is 29.2 Å². The van der Waals surface area contributed by atoms with Crippen LogP contribution in [-0.4, -0.2) is 33.0 Å². The third kappa shape index (κ3) is 4.16. The molecular formula is C22H21ClN4O3. The molecule has 8 heteroatoms. The highest BCUT2D eigenvalue weighted by Crippen LogP contribution is 2.26. The van der Waals surface area contributed by atoms with Crippen LogP contribution in [0.2, 0.25) is 5.02 Å². The fraction of sp³-hybridized carbons (Fsp3) is 0.227. The van der Waals surface area contributed by atoms with Crippen LogP contribution in [0.15, 0.2) is 60.8 Å². The Hall–Kier alpha value is -3.32. The van der Waals surface area contributed by atoms with Gasteiger partial charge in [0.05, 0.1) is 29.5 Å². The van der Waals surface area contributed by atoms with E-state index in [9.17, 15) is 9.59 Å². The van der Waals surface area contributed by atoms with Crippen LogP contribution < -0.4 is 5.32 Å². The second kappa shape index (κ2) is 8.59. The van der Waals surface area contributed by atoms with Crippen LogP contribution in [0.3, 0.4) is 0 Å². The van der Waals surface area contributed by atoms with Crippen molar-refractivity contribution in [2.24, 2.45) is 0 Å². The number of aromatic nitrogens is 2. The molecule has 1 aliphatic rings. The molecule has 1 N–H and O–H groups in total. The van der Waals surface area contributed by atoms with Crippen LogP contribution in [0.5, 0.6) is 0 Å². The Kier molecular flexibility index (Phi) is 5.72. The van der Waals surface area contributed by atoms with Crippen molar-refractivity contribution in [2.75, 3.05) is 11.9 Å². The minimum Gasteiger partial charge on any atom is -0.445 e. The first-order valence-corrected chi connectivity index (χ1v) is 9.98. The predicted molar refractivity (Wildman–Crippen MR) is 113 cm³/mol. The van der Waals surface area contributed by atoms with Gasteiger partial charge in [0.25, 0.3) is 5.91 Å². The summed E-state index contributed by atoms with van der Waals surface area (Å²) in [5.74, 6) is 0.337. The molecule has 0 unspecified atom stereocenters. The van der Waals surface area contributed by atoms with Gasteiger partial charge in [-0.15, -0.1) is 0 Å². The molecule has 0 saturated heterocycles. The van der Waals surface area contributed by atoms with Gasteiger partial charge in [0.1, 0.15) is 18.1 Å². The number of anilines is 1. The molecule has 7 nitrogen and oxygen atoms in total. The summed E-state index contributed by atoms with van der Waals surface area (Å²) in [6.45, 7) is 2.85. The standard InChI is InChI=1S/C22H21ClN4O3/c1-15-12-26(22(29)30-14-16-7-3-2-4-8-16)13-20-24-11-19(27(15)20)21(28)25-18-10-6-5-9-17(18)23/h2-11,15H,12-14H2,1H3,(H,25,28)/t15-/m1/s1. The van der Waals surface area contributed by atoms with E-state index in [1.807, 2.05) is 41.8 Å². The lowest BCUT2D eigenvalue weighted by Gasteiger charge is -2.32. The quantitative estimate of drug-likeness (QED) is 0.668. The molecule has 0 fully saturated rings. The summed E-state index contributed by atoms with van der Waals surface area (Å²) in [5.41, 5.74) is 1.89. The molecule has 1 aromatic heterocycles. The zero-order chi connectivity index (χ0) is 21.1. The van der Waals surface area contributed by atoms with E-state index in [2.05, 4.69) is 10.3 Å². The summed E-state index contributed by atoms with van der Waals surface area (Å²) in [6, 6.07) is 16.4. The lowest BCUT2D eigenvalue weighted by Crippen LogP contribution is -2.41. The predicted octanol–water partition coefficient (Wildman–Crippen LogP) is 4.50. The van der Waals surface area contributed by atoms with E-state index in [0.29, 0.717) is 28.8 Å². The number of hydrogen-bond donors (Lipinski definition) is 1. The highest BCUT2D eigenvalue weighted by molar-refractivity contribution is 6.33. The number of fused-ring (bicyclic) bond motifs is 1. The van der Waals surface area contributed by atoms with Crippen LogP contribution in [0.1, 0.15) is 34.8 Å². The third-order valence-corrected chi connectivity index (χ3v) is 5.28. The average Bonchev–Trinajstić information content (AvgIpc) is 3.19. The molecule has 0 bridgehead atoms. The van der Waals surface area contributed by atoms with Crippen LogP contribution >= 0.6 is 11.6 Å². The number of hydrogen-bond acceptors (Lipinski definition) is 4. The molecule has 0 saturated carbocycles. The summed E-state index contributed by atoms with van der Waals surface area (Å²) in [5, 5.41) is 3.28. The highest BCUT2D eigenvalue weighted by Gasteiger charge is 2.31. The number of halogens is 1. The fourth-order valence-electron chi connectivity index (χ4n) is 3.51. The number of nitrogens with one attached hydrogen (secondary N) is 1. The highest BCUT2D eigenvalue weighted by atomic mass is 35.5. The maximum atomic E-state index is 12.8. The van der Waals surface area contributed by atoms with Crippen molar-refractivity contribution in [3.8, 4) is 0 Å². The Balaban J connectivity index is 1.45. The molecular weight excluding hydrogens is 404 g/mol. The van der Waals surface area contributed by atoms with E-state index in [-0.39, 0.29) is 25.1 Å². The number of benzene rings is 2. The Morgan fingerprint density at radius 1 is 1.17 bits per heavy atom. The van der Waals surface area contributed by atoms with Gasteiger partial charge in [-0.25, -0.2) is 9.78 Å². The molecule has 4 rings (SSSR count). The Labute approximate surface area is 179 Å². The second-order valence-corrected chi connectivity index (χ2v) is 7.54. The molecule has 1 aliphatic heterocycles. The lowest BCUT2D eigenvalue weighted by atomic mass is 10.2. The molecule has 0 spiro atoms. The Morgan fingerprint density at radius 2 is 1.90 bits per heavy atom. The van der Waals surface area contributed by atoms with E-state index in [1.165, 1.54) is 6.20 Å². The minimum absolute atomic E-state index is 0.132. The average molecular weight is 425 g/mol. The van der Waals surface area contributed by atoms with E-state index < -0.39 is 6.09 Å². The summed E-state index contributed by atoms with van der Waals surface area (Å²) in [6.07, 6.45) is 1.12. The zero-order valence-electron chi connectivity index (χ0n) is 16.4. The topological polar surface area (TPSA) is 76.5 Å². The first kappa shape index (κ1) is 20.0. The molecule has 2 amide bonds. The van der Waals surface area contributed by atoms with Gasteiger partial charge in [-0.1, -0.05) is 54.1 Å². The smallest absolute Gasteiger partial charge is 0.410 e. The summed E-state index contributed by atoms with van der Waals surface area (Å²) < 4.78 is 7.29. The number of nitrogens with zero attached hydrogens (tertiary/aromatic N) is 3. The zero-order valence-corrected chi connectivity index (χ0v) is 17.2. The van der Waals surface area contributed by atoms with Gasteiger partial charge >= 0.3 is 6.09 Å². The van der Waals surface area contributed by atoms with Crippen molar-refractivity contribution < 1.29 is 14.3 Å². The van der Waals surface area contributed by atoms with E-state index in [0.717, 1.165) is 5.56 Å². The summed E-state index contributed by atoms with van der Waals surface area (Å²) >= 11 is 6.13. The molecule has 154 valence electrons. The van der Waals surface area contributed by atoms with E-state index in [4.69, 9.17) is 16.3 Å². The fourth-order valence-corrected chi connectivity index (χ4v) is 3.69. The van der Waals surface area contributed by atoms with Gasteiger partial charge in [0.2, 0.25) is 0 Å². The number of carbonyl (C=O) groups is 2. The molecule has 1 atom stereocenters. The minimum atomic E-state index is -0.401. The number of amides is 2. The van der Waals surface area contributed by atoms with Gasteiger partial charge in [-0.3, -0.25) is 9.69 Å². The maximum absolute atomic E-state index is 12.8. The largest absolute Gasteiger partial charge is 0.445 e. The third-order valence-electron chi connectivity index (χ3n) is 4.95. The Morgan fingerprint density at radius 3 is 2.67 bits per heavy atom. The van der Waals surface area contributed by atoms with Crippen molar-refractivity contribution >= 4 is 29.3 Å². The maximum Gasteiger partial charge on any atom is 0.410 e. The lowest BCUT2D eigenvalue weighted by molar-refractivity contribution is 0.0801. The second-order valence-electron chi connectivity index (χ2n) is 7.13. The monoisotopic (exact) mass is 424 g/mol. The van der Waals surface area contributed by atoms with Crippen molar-refractivity contribution in [3.05, 3.63) is 82.9 Å².